The van der Waals surface area contributed by atoms with Crippen LogP contribution in [0.25, 0.3) is 10.8 Å². The Morgan fingerprint density at radius 3 is 2.72 bits per heavy atom. The van der Waals surface area contributed by atoms with Crippen molar-refractivity contribution < 1.29 is 4.79 Å². The topological polar surface area (TPSA) is 55.1 Å². The van der Waals surface area contributed by atoms with Crippen LogP contribution in [0.15, 0.2) is 42.5 Å². The Morgan fingerprint density at radius 1 is 1.22 bits per heavy atom. The molecule has 1 unspecified atom stereocenters. The molecule has 0 radical (unpaired) electrons. The fourth-order valence-electron chi connectivity index (χ4n) is 2.15. The molecule has 1 atom stereocenters. The van der Waals surface area contributed by atoms with Gasteiger partial charge in [0.15, 0.2) is 0 Å². The second kappa shape index (κ2) is 5.65. The summed E-state index contributed by atoms with van der Waals surface area (Å²) in [5, 5.41) is 5.34. The van der Waals surface area contributed by atoms with Crippen LogP contribution in [0.1, 0.15) is 24.9 Å². The third-order valence-electron chi connectivity index (χ3n) is 3.04. The first kappa shape index (κ1) is 12.6. The molecular formula is C15H18N2O. The number of nitrogens with two attached hydrogens (primary N) is 1. The Bertz CT molecular complexity index is 546. The van der Waals surface area contributed by atoms with E-state index in [0.29, 0.717) is 13.0 Å². The summed E-state index contributed by atoms with van der Waals surface area (Å²) in [6, 6.07) is 14.3. The molecule has 2 rings (SSSR count). The van der Waals surface area contributed by atoms with Crippen LogP contribution in [0.3, 0.4) is 0 Å². The predicted molar refractivity (Wildman–Crippen MR) is 74.2 cm³/mol. The quantitative estimate of drug-likeness (QED) is 0.864. The minimum atomic E-state index is -0.00449. The van der Waals surface area contributed by atoms with Crippen molar-refractivity contribution in [2.75, 3.05) is 6.54 Å². The Morgan fingerprint density at radius 2 is 1.94 bits per heavy atom. The lowest BCUT2D eigenvalue weighted by atomic mass is 9.99. The Balaban J connectivity index is 2.27. The van der Waals surface area contributed by atoms with E-state index in [0.717, 1.165) is 5.56 Å². The van der Waals surface area contributed by atoms with E-state index < -0.39 is 0 Å². The van der Waals surface area contributed by atoms with Gasteiger partial charge in [0.05, 0.1) is 6.04 Å². The fourth-order valence-corrected chi connectivity index (χ4v) is 2.15. The Labute approximate surface area is 107 Å². The highest BCUT2D eigenvalue weighted by atomic mass is 16.1. The van der Waals surface area contributed by atoms with Gasteiger partial charge >= 0.3 is 0 Å². The van der Waals surface area contributed by atoms with Crippen molar-refractivity contribution in [2.24, 2.45) is 5.73 Å². The second-order valence-electron chi connectivity index (χ2n) is 4.40. The van der Waals surface area contributed by atoms with Gasteiger partial charge in [-0.2, -0.15) is 0 Å². The van der Waals surface area contributed by atoms with Gasteiger partial charge in [-0.1, -0.05) is 42.5 Å². The highest BCUT2D eigenvalue weighted by molar-refractivity contribution is 5.86. The van der Waals surface area contributed by atoms with Crippen LogP contribution in [-0.4, -0.2) is 12.5 Å². The lowest BCUT2D eigenvalue weighted by molar-refractivity contribution is -0.121. The molecule has 0 saturated heterocycles. The third-order valence-corrected chi connectivity index (χ3v) is 3.04. The van der Waals surface area contributed by atoms with Gasteiger partial charge in [-0.15, -0.1) is 0 Å². The van der Waals surface area contributed by atoms with Crippen molar-refractivity contribution >= 4 is 16.7 Å². The van der Waals surface area contributed by atoms with Crippen molar-refractivity contribution in [3.63, 3.8) is 0 Å². The molecule has 1 amide bonds. The van der Waals surface area contributed by atoms with E-state index in [1.54, 1.807) is 0 Å². The molecule has 0 aliphatic carbocycles. The lowest BCUT2D eigenvalue weighted by Crippen LogP contribution is -2.28. The van der Waals surface area contributed by atoms with Gasteiger partial charge in [-0.3, -0.25) is 4.79 Å². The van der Waals surface area contributed by atoms with E-state index in [9.17, 15) is 4.79 Å². The van der Waals surface area contributed by atoms with Gasteiger partial charge in [0.25, 0.3) is 0 Å². The maximum Gasteiger partial charge on any atom is 0.221 e. The zero-order valence-corrected chi connectivity index (χ0v) is 10.5. The molecule has 0 heterocycles. The Kier molecular flexibility index (Phi) is 3.95. The molecule has 2 aromatic carbocycles. The van der Waals surface area contributed by atoms with Gasteiger partial charge in [0.1, 0.15) is 0 Å². The zero-order chi connectivity index (χ0) is 13.0. The molecule has 0 aromatic heterocycles. The smallest absolute Gasteiger partial charge is 0.221 e. The van der Waals surface area contributed by atoms with Crippen LogP contribution in [0.4, 0.5) is 0 Å². The maximum absolute atomic E-state index is 11.6. The van der Waals surface area contributed by atoms with Crippen molar-refractivity contribution in [1.29, 1.82) is 0 Å². The number of nitrogens with one attached hydrogen (secondary N) is 1. The highest BCUT2D eigenvalue weighted by Crippen LogP contribution is 2.23. The molecule has 94 valence electrons. The van der Waals surface area contributed by atoms with Gasteiger partial charge in [0, 0.05) is 13.0 Å². The van der Waals surface area contributed by atoms with Gasteiger partial charge in [-0.25, -0.2) is 0 Å². The number of hydrogen-bond donors (Lipinski definition) is 2. The van der Waals surface area contributed by atoms with Crippen LogP contribution in [0.2, 0.25) is 0 Å². The Hall–Kier alpha value is -1.87. The van der Waals surface area contributed by atoms with Crippen LogP contribution in [-0.2, 0) is 4.79 Å². The molecule has 18 heavy (non-hydrogen) atoms. The van der Waals surface area contributed by atoms with E-state index in [1.165, 1.54) is 10.8 Å². The fraction of sp³-hybridized carbons (Fsp3) is 0.267. The number of benzene rings is 2. The average Bonchev–Trinajstić information content (AvgIpc) is 2.38. The summed E-state index contributed by atoms with van der Waals surface area (Å²) in [7, 11) is 0. The minimum absolute atomic E-state index is 0.00191. The maximum atomic E-state index is 11.6. The SMILES string of the molecule is CC(NC(=O)CCN)c1cccc2ccccc12. The van der Waals surface area contributed by atoms with Crippen LogP contribution in [0, 0.1) is 0 Å². The largest absolute Gasteiger partial charge is 0.350 e. The number of carbonyl (C=O) groups excluding carboxylic acids is 1. The summed E-state index contributed by atoms with van der Waals surface area (Å²) < 4.78 is 0. The number of amides is 1. The first-order valence-corrected chi connectivity index (χ1v) is 6.19. The van der Waals surface area contributed by atoms with Crippen LogP contribution < -0.4 is 11.1 Å². The van der Waals surface area contributed by atoms with E-state index in [4.69, 9.17) is 5.73 Å². The predicted octanol–water partition coefficient (Wildman–Crippen LogP) is 2.37. The summed E-state index contributed by atoms with van der Waals surface area (Å²) >= 11 is 0. The van der Waals surface area contributed by atoms with Crippen molar-refractivity contribution in [3.8, 4) is 0 Å². The zero-order valence-electron chi connectivity index (χ0n) is 10.5. The molecule has 0 spiro atoms. The third kappa shape index (κ3) is 2.68. The summed E-state index contributed by atoms with van der Waals surface area (Å²) in [5.74, 6) is -0.00191. The van der Waals surface area contributed by atoms with Crippen molar-refractivity contribution in [3.05, 3.63) is 48.0 Å². The molecule has 2 aromatic rings. The molecular weight excluding hydrogens is 224 g/mol. The molecule has 0 saturated carbocycles. The minimum Gasteiger partial charge on any atom is -0.350 e. The number of fused-ring (bicyclic) bond motifs is 1. The average molecular weight is 242 g/mol. The molecule has 3 N–H and O–H groups in total. The summed E-state index contributed by atoms with van der Waals surface area (Å²) in [6.07, 6.45) is 0.370. The van der Waals surface area contributed by atoms with E-state index in [2.05, 4.69) is 29.6 Å². The number of carbonyl (C=O) groups is 1. The van der Waals surface area contributed by atoms with Gasteiger partial charge in [-0.05, 0) is 23.3 Å². The monoisotopic (exact) mass is 242 g/mol. The lowest BCUT2D eigenvalue weighted by Gasteiger charge is -2.16. The molecule has 0 bridgehead atoms. The molecule has 3 nitrogen and oxygen atoms in total. The second-order valence-corrected chi connectivity index (χ2v) is 4.40. The molecule has 3 heteroatoms. The van der Waals surface area contributed by atoms with Crippen molar-refractivity contribution in [1.82, 2.24) is 5.32 Å². The van der Waals surface area contributed by atoms with E-state index >= 15 is 0 Å². The first-order valence-electron chi connectivity index (χ1n) is 6.19. The normalized spacial score (nSPS) is 12.3. The van der Waals surface area contributed by atoms with Crippen LogP contribution in [0.5, 0.6) is 0 Å². The van der Waals surface area contributed by atoms with Gasteiger partial charge < -0.3 is 11.1 Å². The molecule has 0 aliphatic rings. The molecule has 0 fully saturated rings. The first-order chi connectivity index (χ1) is 8.72. The summed E-state index contributed by atoms with van der Waals surface area (Å²) in [6.45, 7) is 2.38. The number of hydrogen-bond acceptors (Lipinski definition) is 2. The summed E-state index contributed by atoms with van der Waals surface area (Å²) in [5.41, 5.74) is 6.51. The standard InChI is InChI=1S/C15H18N2O/c1-11(17-15(18)9-10-16)13-8-4-6-12-5-2-3-7-14(12)13/h2-8,11H,9-10,16H2,1H3,(H,17,18). The highest BCUT2D eigenvalue weighted by Gasteiger charge is 2.11. The van der Waals surface area contributed by atoms with Crippen molar-refractivity contribution in [2.45, 2.75) is 19.4 Å². The van der Waals surface area contributed by atoms with E-state index in [-0.39, 0.29) is 11.9 Å². The summed E-state index contributed by atoms with van der Waals surface area (Å²) in [4.78, 5) is 11.6. The number of rotatable bonds is 4. The van der Waals surface area contributed by atoms with Gasteiger partial charge in [0.2, 0.25) is 5.91 Å². The van der Waals surface area contributed by atoms with Crippen LogP contribution >= 0.6 is 0 Å². The molecule has 0 aliphatic heterocycles. The van der Waals surface area contributed by atoms with E-state index in [1.807, 2.05) is 25.1 Å².